The van der Waals surface area contributed by atoms with Crippen LogP contribution in [0.1, 0.15) is 29.8 Å². The van der Waals surface area contributed by atoms with Crippen molar-refractivity contribution in [2.75, 3.05) is 5.32 Å². The van der Waals surface area contributed by atoms with Crippen LogP contribution < -0.4 is 10.1 Å². The summed E-state index contributed by atoms with van der Waals surface area (Å²) in [5.74, 6) is 0.581. The molecule has 2 aromatic carbocycles. The van der Waals surface area contributed by atoms with Crippen molar-refractivity contribution in [2.45, 2.75) is 26.9 Å². The van der Waals surface area contributed by atoms with E-state index in [1.54, 1.807) is 36.4 Å². The highest BCUT2D eigenvalue weighted by atomic mass is 35.5. The third kappa shape index (κ3) is 4.23. The molecule has 1 amide bonds. The SMILES string of the molecule is Cc1ccc(Cl)cc1NC(=O)c1ccc(OC(C)C)cc1. The minimum Gasteiger partial charge on any atom is -0.491 e. The molecule has 0 fully saturated rings. The van der Waals surface area contributed by atoms with Gasteiger partial charge in [-0.15, -0.1) is 0 Å². The van der Waals surface area contributed by atoms with Gasteiger partial charge in [0.05, 0.1) is 6.10 Å². The van der Waals surface area contributed by atoms with Gasteiger partial charge in [0.25, 0.3) is 5.91 Å². The summed E-state index contributed by atoms with van der Waals surface area (Å²) in [4.78, 5) is 12.2. The smallest absolute Gasteiger partial charge is 0.255 e. The Balaban J connectivity index is 2.11. The van der Waals surface area contributed by atoms with Crippen molar-refractivity contribution in [3.63, 3.8) is 0 Å². The molecule has 3 nitrogen and oxygen atoms in total. The summed E-state index contributed by atoms with van der Waals surface area (Å²) < 4.78 is 5.55. The second kappa shape index (κ2) is 6.64. The summed E-state index contributed by atoms with van der Waals surface area (Å²) in [6, 6.07) is 12.5. The van der Waals surface area contributed by atoms with E-state index >= 15 is 0 Å². The van der Waals surface area contributed by atoms with E-state index in [4.69, 9.17) is 16.3 Å². The van der Waals surface area contributed by atoms with E-state index < -0.39 is 0 Å². The lowest BCUT2D eigenvalue weighted by atomic mass is 10.1. The monoisotopic (exact) mass is 303 g/mol. The van der Waals surface area contributed by atoms with Crippen LogP contribution in [-0.2, 0) is 0 Å². The van der Waals surface area contributed by atoms with E-state index in [-0.39, 0.29) is 12.0 Å². The summed E-state index contributed by atoms with van der Waals surface area (Å²) in [5, 5.41) is 3.46. The third-order valence-electron chi connectivity index (χ3n) is 2.94. The summed E-state index contributed by atoms with van der Waals surface area (Å²) in [6.07, 6.45) is 0.110. The fraction of sp³-hybridized carbons (Fsp3) is 0.235. The molecule has 0 aliphatic rings. The number of rotatable bonds is 4. The minimum atomic E-state index is -0.170. The van der Waals surface area contributed by atoms with Crippen molar-refractivity contribution in [2.24, 2.45) is 0 Å². The lowest BCUT2D eigenvalue weighted by Gasteiger charge is -2.11. The Morgan fingerprint density at radius 1 is 1.14 bits per heavy atom. The predicted molar refractivity (Wildman–Crippen MR) is 86.3 cm³/mol. The predicted octanol–water partition coefficient (Wildman–Crippen LogP) is 4.69. The van der Waals surface area contributed by atoms with Gasteiger partial charge in [-0.3, -0.25) is 4.79 Å². The Morgan fingerprint density at radius 3 is 2.43 bits per heavy atom. The van der Waals surface area contributed by atoms with Gasteiger partial charge in [-0.1, -0.05) is 17.7 Å². The molecule has 0 saturated heterocycles. The summed E-state index contributed by atoms with van der Waals surface area (Å²) in [6.45, 7) is 5.84. The van der Waals surface area contributed by atoms with Crippen LogP contribution in [0.2, 0.25) is 5.02 Å². The number of anilines is 1. The first-order valence-corrected chi connectivity index (χ1v) is 7.17. The molecule has 0 aliphatic heterocycles. The number of carbonyl (C=O) groups is 1. The van der Waals surface area contributed by atoms with Crippen LogP contribution >= 0.6 is 11.6 Å². The minimum absolute atomic E-state index is 0.110. The van der Waals surface area contributed by atoms with Crippen LogP contribution in [0, 0.1) is 6.92 Å². The Morgan fingerprint density at radius 2 is 1.81 bits per heavy atom. The van der Waals surface area contributed by atoms with Crippen molar-refractivity contribution in [1.82, 2.24) is 0 Å². The molecule has 2 aromatic rings. The van der Waals surface area contributed by atoms with Gasteiger partial charge in [0.1, 0.15) is 5.75 Å². The Kier molecular flexibility index (Phi) is 4.86. The van der Waals surface area contributed by atoms with Crippen LogP contribution in [0.3, 0.4) is 0 Å². The van der Waals surface area contributed by atoms with Gasteiger partial charge in [0.2, 0.25) is 0 Å². The molecule has 0 unspecified atom stereocenters. The second-order valence-corrected chi connectivity index (χ2v) is 5.54. The maximum Gasteiger partial charge on any atom is 0.255 e. The molecule has 0 atom stereocenters. The Bertz CT molecular complexity index is 636. The van der Waals surface area contributed by atoms with Crippen molar-refractivity contribution in [3.8, 4) is 5.75 Å². The normalized spacial score (nSPS) is 10.5. The lowest BCUT2D eigenvalue weighted by Crippen LogP contribution is -2.13. The van der Waals surface area contributed by atoms with Gasteiger partial charge < -0.3 is 10.1 Å². The molecule has 0 aromatic heterocycles. The van der Waals surface area contributed by atoms with Gasteiger partial charge in [0.15, 0.2) is 0 Å². The number of hydrogen-bond acceptors (Lipinski definition) is 2. The third-order valence-corrected chi connectivity index (χ3v) is 3.17. The highest BCUT2D eigenvalue weighted by Gasteiger charge is 2.08. The fourth-order valence-electron chi connectivity index (χ4n) is 1.88. The Labute approximate surface area is 129 Å². The molecule has 0 bridgehead atoms. The van der Waals surface area contributed by atoms with Crippen molar-refractivity contribution in [3.05, 3.63) is 58.6 Å². The van der Waals surface area contributed by atoms with Crippen LogP contribution in [0.25, 0.3) is 0 Å². The maximum atomic E-state index is 12.2. The molecule has 2 rings (SSSR count). The van der Waals surface area contributed by atoms with E-state index in [1.165, 1.54) is 0 Å². The van der Waals surface area contributed by atoms with Gasteiger partial charge in [-0.25, -0.2) is 0 Å². The largest absolute Gasteiger partial charge is 0.491 e. The molecular formula is C17H18ClNO2. The molecule has 0 radical (unpaired) electrons. The van der Waals surface area contributed by atoms with Gasteiger partial charge in [0, 0.05) is 16.3 Å². The van der Waals surface area contributed by atoms with E-state index in [1.807, 2.05) is 26.8 Å². The number of amides is 1. The van der Waals surface area contributed by atoms with Gasteiger partial charge in [-0.05, 0) is 62.7 Å². The number of ether oxygens (including phenoxy) is 1. The number of halogens is 1. The van der Waals surface area contributed by atoms with Crippen LogP contribution in [-0.4, -0.2) is 12.0 Å². The van der Waals surface area contributed by atoms with E-state index in [0.717, 1.165) is 17.0 Å². The number of nitrogens with one attached hydrogen (secondary N) is 1. The summed E-state index contributed by atoms with van der Waals surface area (Å²) >= 11 is 5.95. The highest BCUT2D eigenvalue weighted by Crippen LogP contribution is 2.21. The number of aryl methyl sites for hydroxylation is 1. The first-order chi connectivity index (χ1) is 9.95. The fourth-order valence-corrected chi connectivity index (χ4v) is 2.05. The summed E-state index contributed by atoms with van der Waals surface area (Å²) in [5.41, 5.74) is 2.26. The molecule has 0 heterocycles. The molecule has 110 valence electrons. The first kappa shape index (κ1) is 15.4. The zero-order chi connectivity index (χ0) is 15.4. The van der Waals surface area contributed by atoms with E-state index in [2.05, 4.69) is 5.32 Å². The van der Waals surface area contributed by atoms with Crippen LogP contribution in [0.5, 0.6) is 5.75 Å². The molecule has 0 aliphatic carbocycles. The summed E-state index contributed by atoms with van der Waals surface area (Å²) in [7, 11) is 0. The molecule has 1 N–H and O–H groups in total. The van der Waals surface area contributed by atoms with Crippen molar-refractivity contribution >= 4 is 23.2 Å². The molecular weight excluding hydrogens is 286 g/mol. The first-order valence-electron chi connectivity index (χ1n) is 6.80. The molecule has 4 heteroatoms. The molecule has 0 spiro atoms. The number of hydrogen-bond donors (Lipinski definition) is 1. The standard InChI is InChI=1S/C17H18ClNO2/c1-11(2)21-15-8-5-13(6-9-15)17(20)19-16-10-14(18)7-4-12(16)3/h4-11H,1-3H3,(H,19,20). The zero-order valence-electron chi connectivity index (χ0n) is 12.3. The highest BCUT2D eigenvalue weighted by molar-refractivity contribution is 6.31. The topological polar surface area (TPSA) is 38.3 Å². The lowest BCUT2D eigenvalue weighted by molar-refractivity contribution is 0.102. The molecule has 21 heavy (non-hydrogen) atoms. The van der Waals surface area contributed by atoms with Crippen molar-refractivity contribution < 1.29 is 9.53 Å². The molecule has 0 saturated carbocycles. The number of carbonyl (C=O) groups excluding carboxylic acids is 1. The Hall–Kier alpha value is -2.00. The average Bonchev–Trinajstić information content (AvgIpc) is 2.43. The maximum absolute atomic E-state index is 12.2. The van der Waals surface area contributed by atoms with Gasteiger partial charge in [-0.2, -0.15) is 0 Å². The van der Waals surface area contributed by atoms with E-state index in [9.17, 15) is 4.79 Å². The average molecular weight is 304 g/mol. The zero-order valence-corrected chi connectivity index (χ0v) is 13.1. The van der Waals surface area contributed by atoms with E-state index in [0.29, 0.717) is 10.6 Å². The number of benzene rings is 2. The van der Waals surface area contributed by atoms with Crippen LogP contribution in [0.4, 0.5) is 5.69 Å². The van der Waals surface area contributed by atoms with Gasteiger partial charge >= 0.3 is 0 Å². The van der Waals surface area contributed by atoms with Crippen molar-refractivity contribution in [1.29, 1.82) is 0 Å². The second-order valence-electron chi connectivity index (χ2n) is 5.10. The quantitative estimate of drug-likeness (QED) is 0.890. The van der Waals surface area contributed by atoms with Crippen LogP contribution in [0.15, 0.2) is 42.5 Å².